The highest BCUT2D eigenvalue weighted by atomic mass is 16.5. The molecule has 0 unspecified atom stereocenters. The zero-order chi connectivity index (χ0) is 39.6. The first-order valence-electron chi connectivity index (χ1n) is 23.8. The SMILES string of the molecule is CCCCC(CCCC)CCOC(=O)CCCCCCCCCC(CCCCCCCCCC(=O)OCCC(CCCC)CCCC)OCCCCC#N. The minimum absolute atomic E-state index is 0.00780. The van der Waals surface area contributed by atoms with E-state index >= 15 is 0 Å². The number of rotatable bonds is 43. The molecule has 0 spiro atoms. The van der Waals surface area contributed by atoms with Gasteiger partial charge in [-0.1, -0.05) is 182 Å². The van der Waals surface area contributed by atoms with E-state index in [1.54, 1.807) is 0 Å². The van der Waals surface area contributed by atoms with Crippen molar-refractivity contribution in [1.82, 2.24) is 0 Å². The second-order valence-electron chi connectivity index (χ2n) is 16.5. The lowest BCUT2D eigenvalue weighted by atomic mass is 9.93. The van der Waals surface area contributed by atoms with Gasteiger partial charge in [0.2, 0.25) is 0 Å². The Hall–Kier alpha value is -1.61. The average Bonchev–Trinajstić information content (AvgIpc) is 3.17. The van der Waals surface area contributed by atoms with Gasteiger partial charge in [0.25, 0.3) is 0 Å². The molecular formula is C48H91NO5. The van der Waals surface area contributed by atoms with Crippen LogP contribution in [0.2, 0.25) is 0 Å². The van der Waals surface area contributed by atoms with Crippen LogP contribution in [0, 0.1) is 23.2 Å². The van der Waals surface area contributed by atoms with Crippen molar-refractivity contribution in [2.75, 3.05) is 19.8 Å². The fourth-order valence-electron chi connectivity index (χ4n) is 7.58. The Bertz CT molecular complexity index is 769. The van der Waals surface area contributed by atoms with Crippen LogP contribution in [-0.2, 0) is 23.8 Å². The maximum Gasteiger partial charge on any atom is 0.305 e. The first-order chi connectivity index (χ1) is 26.5. The molecule has 0 aromatic carbocycles. The first-order valence-corrected chi connectivity index (χ1v) is 23.8. The summed E-state index contributed by atoms with van der Waals surface area (Å²) in [5.74, 6) is 1.41. The normalized spacial score (nSPS) is 11.5. The molecule has 0 N–H and O–H groups in total. The fraction of sp³-hybridized carbons (Fsp3) is 0.938. The van der Waals surface area contributed by atoms with E-state index < -0.39 is 0 Å². The Morgan fingerprint density at radius 1 is 0.426 bits per heavy atom. The van der Waals surface area contributed by atoms with Crippen LogP contribution in [0.15, 0.2) is 0 Å². The molecule has 0 aromatic heterocycles. The third kappa shape index (κ3) is 37.3. The van der Waals surface area contributed by atoms with Gasteiger partial charge < -0.3 is 14.2 Å². The van der Waals surface area contributed by atoms with Crippen molar-refractivity contribution in [2.45, 2.75) is 259 Å². The predicted octanol–water partition coefficient (Wildman–Crippen LogP) is 14.9. The maximum atomic E-state index is 12.2. The Morgan fingerprint density at radius 2 is 0.796 bits per heavy atom. The molecule has 0 aromatic rings. The number of unbranched alkanes of at least 4 members (excludes halogenated alkanes) is 18. The number of carbonyl (C=O) groups is 2. The minimum Gasteiger partial charge on any atom is -0.466 e. The van der Waals surface area contributed by atoms with Crippen LogP contribution in [-0.4, -0.2) is 37.9 Å². The molecule has 54 heavy (non-hydrogen) atoms. The van der Waals surface area contributed by atoms with E-state index in [0.29, 0.717) is 50.4 Å². The topological polar surface area (TPSA) is 85.6 Å². The predicted molar refractivity (Wildman–Crippen MR) is 229 cm³/mol. The van der Waals surface area contributed by atoms with Gasteiger partial charge in [0.15, 0.2) is 0 Å². The number of nitriles is 1. The second kappa shape index (κ2) is 42.5. The van der Waals surface area contributed by atoms with Crippen molar-refractivity contribution in [1.29, 1.82) is 5.26 Å². The Kier molecular flexibility index (Phi) is 41.3. The molecule has 0 saturated carbocycles. The van der Waals surface area contributed by atoms with Gasteiger partial charge in [0, 0.05) is 25.9 Å². The Labute approximate surface area is 336 Å². The van der Waals surface area contributed by atoms with Gasteiger partial charge in [-0.2, -0.15) is 5.26 Å². The number of hydrogen-bond donors (Lipinski definition) is 0. The number of carbonyl (C=O) groups excluding carboxylic acids is 2. The third-order valence-corrected chi connectivity index (χ3v) is 11.3. The minimum atomic E-state index is -0.00780. The molecule has 0 fully saturated rings. The lowest BCUT2D eigenvalue weighted by Crippen LogP contribution is -2.14. The van der Waals surface area contributed by atoms with E-state index in [1.807, 2.05) is 0 Å². The highest BCUT2D eigenvalue weighted by Crippen LogP contribution is 2.22. The summed E-state index contributed by atoms with van der Waals surface area (Å²) in [6, 6.07) is 2.24. The standard InChI is InChI=1S/C48H91NO5/c1-5-9-30-44(31-10-6-2)38-42-53-47(50)36-26-21-17-13-15-19-24-34-46(52-41-29-23-28-40-49)35-25-20-16-14-18-22-27-37-48(51)54-43-39-45(32-11-7-3)33-12-8-4/h44-46H,5-39,41-43H2,1-4H3. The largest absolute Gasteiger partial charge is 0.466 e. The number of nitrogens with zero attached hydrogens (tertiary/aromatic N) is 1. The van der Waals surface area contributed by atoms with Crippen LogP contribution < -0.4 is 0 Å². The molecule has 318 valence electrons. The van der Waals surface area contributed by atoms with Crippen LogP contribution >= 0.6 is 0 Å². The molecule has 0 bridgehead atoms. The van der Waals surface area contributed by atoms with Gasteiger partial charge in [-0.15, -0.1) is 0 Å². The van der Waals surface area contributed by atoms with E-state index in [9.17, 15) is 9.59 Å². The van der Waals surface area contributed by atoms with Crippen LogP contribution in [0.1, 0.15) is 252 Å². The van der Waals surface area contributed by atoms with Crippen molar-refractivity contribution in [2.24, 2.45) is 11.8 Å². The van der Waals surface area contributed by atoms with Crippen molar-refractivity contribution >= 4 is 11.9 Å². The second-order valence-corrected chi connectivity index (χ2v) is 16.5. The highest BCUT2D eigenvalue weighted by Gasteiger charge is 2.12. The van der Waals surface area contributed by atoms with Gasteiger partial charge in [-0.25, -0.2) is 0 Å². The van der Waals surface area contributed by atoms with Crippen LogP contribution in [0.5, 0.6) is 0 Å². The van der Waals surface area contributed by atoms with Crippen LogP contribution in [0.4, 0.5) is 0 Å². The molecule has 0 aliphatic rings. The van der Waals surface area contributed by atoms with Gasteiger partial charge in [0.05, 0.1) is 25.4 Å². The van der Waals surface area contributed by atoms with Crippen LogP contribution in [0.25, 0.3) is 0 Å². The van der Waals surface area contributed by atoms with E-state index in [2.05, 4.69) is 33.8 Å². The first kappa shape index (κ1) is 52.4. The molecule has 0 rings (SSSR count). The smallest absolute Gasteiger partial charge is 0.305 e. The van der Waals surface area contributed by atoms with Gasteiger partial charge in [-0.05, 0) is 63.2 Å². The average molecular weight is 762 g/mol. The summed E-state index contributed by atoms with van der Waals surface area (Å²) in [7, 11) is 0. The number of ether oxygens (including phenoxy) is 3. The van der Waals surface area contributed by atoms with Gasteiger partial charge >= 0.3 is 11.9 Å². The fourth-order valence-corrected chi connectivity index (χ4v) is 7.58. The molecule has 0 aliphatic heterocycles. The molecule has 0 amide bonds. The maximum absolute atomic E-state index is 12.2. The van der Waals surface area contributed by atoms with Gasteiger partial charge in [0.1, 0.15) is 0 Å². The Morgan fingerprint density at radius 3 is 1.17 bits per heavy atom. The van der Waals surface area contributed by atoms with Crippen LogP contribution in [0.3, 0.4) is 0 Å². The number of esters is 2. The molecule has 0 atom stereocenters. The molecular weight excluding hydrogens is 671 g/mol. The van der Waals surface area contributed by atoms with Gasteiger partial charge in [-0.3, -0.25) is 9.59 Å². The quantitative estimate of drug-likeness (QED) is 0.0454. The summed E-state index contributed by atoms with van der Waals surface area (Å²) in [5.41, 5.74) is 0. The molecule has 0 aliphatic carbocycles. The Balaban J connectivity index is 4.01. The molecule has 6 nitrogen and oxygen atoms in total. The lowest BCUT2D eigenvalue weighted by Gasteiger charge is -2.18. The lowest BCUT2D eigenvalue weighted by molar-refractivity contribution is -0.145. The van der Waals surface area contributed by atoms with E-state index in [1.165, 1.54) is 141 Å². The van der Waals surface area contributed by atoms with E-state index in [0.717, 1.165) is 70.8 Å². The van der Waals surface area contributed by atoms with E-state index in [4.69, 9.17) is 19.5 Å². The molecule has 0 radical (unpaired) electrons. The summed E-state index contributed by atoms with van der Waals surface area (Å²) in [5, 5.41) is 8.84. The van der Waals surface area contributed by atoms with Crippen molar-refractivity contribution < 1.29 is 23.8 Å². The monoisotopic (exact) mass is 762 g/mol. The summed E-state index contributed by atoms with van der Waals surface area (Å²) in [4.78, 5) is 24.4. The molecule has 0 heterocycles. The zero-order valence-electron chi connectivity index (χ0n) is 36.6. The summed E-state index contributed by atoms with van der Waals surface area (Å²) >= 11 is 0. The highest BCUT2D eigenvalue weighted by molar-refractivity contribution is 5.69. The van der Waals surface area contributed by atoms with E-state index in [-0.39, 0.29) is 11.9 Å². The van der Waals surface area contributed by atoms with Crippen molar-refractivity contribution in [3.63, 3.8) is 0 Å². The summed E-state index contributed by atoms with van der Waals surface area (Å²) < 4.78 is 17.5. The molecule has 0 saturated heterocycles. The third-order valence-electron chi connectivity index (χ3n) is 11.3. The van der Waals surface area contributed by atoms with Crippen molar-refractivity contribution in [3.05, 3.63) is 0 Å². The summed E-state index contributed by atoms with van der Waals surface area (Å²) in [6.45, 7) is 11.0. The van der Waals surface area contributed by atoms with Crippen molar-refractivity contribution in [3.8, 4) is 6.07 Å². The number of hydrogen-bond acceptors (Lipinski definition) is 6. The molecule has 6 heteroatoms. The zero-order valence-corrected chi connectivity index (χ0v) is 36.6. The summed E-state index contributed by atoms with van der Waals surface area (Å²) in [6.07, 6.45) is 40.0.